The number of halogens is 1. The second kappa shape index (κ2) is 5.38. The molecule has 0 radical (unpaired) electrons. The molecule has 2 atom stereocenters. The Bertz CT molecular complexity index is 464. The van der Waals surface area contributed by atoms with Crippen LogP contribution in [0.1, 0.15) is 12.5 Å². The summed E-state index contributed by atoms with van der Waals surface area (Å²) in [7, 11) is 0. The average molecular weight is 313 g/mol. The molecular weight excluding hydrogens is 296 g/mol. The van der Waals surface area contributed by atoms with Gasteiger partial charge in [0.25, 0.3) is 0 Å². The summed E-state index contributed by atoms with van der Waals surface area (Å²) in [5, 5.41) is 12.2. The molecule has 1 aromatic carbocycles. The van der Waals surface area contributed by atoms with Crippen LogP contribution in [0.4, 0.5) is 5.69 Å². The van der Waals surface area contributed by atoms with Gasteiger partial charge in [-0.15, -0.1) is 0 Å². The van der Waals surface area contributed by atoms with Crippen molar-refractivity contribution in [3.8, 4) is 0 Å². The van der Waals surface area contributed by atoms with Gasteiger partial charge in [-0.05, 0) is 47.5 Å². The third-order valence-corrected chi connectivity index (χ3v) is 3.82. The molecule has 1 fully saturated rings. The van der Waals surface area contributed by atoms with Gasteiger partial charge in [-0.2, -0.15) is 0 Å². The van der Waals surface area contributed by atoms with Gasteiger partial charge in [-0.3, -0.25) is 4.79 Å². The second-order valence-corrected chi connectivity index (χ2v) is 5.51. The molecule has 5 heteroatoms. The Morgan fingerprint density at radius 1 is 1.56 bits per heavy atom. The lowest BCUT2D eigenvalue weighted by atomic mass is 10.1. The predicted molar refractivity (Wildman–Crippen MR) is 74.7 cm³/mol. The molecule has 98 valence electrons. The van der Waals surface area contributed by atoms with Crippen LogP contribution in [0.15, 0.2) is 22.7 Å². The van der Waals surface area contributed by atoms with E-state index in [0.29, 0.717) is 6.54 Å². The van der Waals surface area contributed by atoms with Crippen molar-refractivity contribution in [3.05, 3.63) is 28.2 Å². The van der Waals surface area contributed by atoms with E-state index in [-0.39, 0.29) is 18.6 Å². The number of piperazine rings is 1. The first-order valence-corrected chi connectivity index (χ1v) is 6.77. The number of carbonyl (C=O) groups excluding carboxylic acids is 1. The van der Waals surface area contributed by atoms with E-state index in [1.165, 1.54) is 0 Å². The highest BCUT2D eigenvalue weighted by molar-refractivity contribution is 9.10. The van der Waals surface area contributed by atoms with Crippen molar-refractivity contribution >= 4 is 27.5 Å². The van der Waals surface area contributed by atoms with Crippen LogP contribution in [0.5, 0.6) is 0 Å². The van der Waals surface area contributed by atoms with Crippen LogP contribution in [-0.4, -0.2) is 36.2 Å². The van der Waals surface area contributed by atoms with Crippen molar-refractivity contribution in [3.63, 3.8) is 0 Å². The zero-order chi connectivity index (χ0) is 13.3. The third kappa shape index (κ3) is 2.43. The van der Waals surface area contributed by atoms with Crippen LogP contribution >= 0.6 is 15.9 Å². The molecule has 0 saturated carbocycles. The van der Waals surface area contributed by atoms with Gasteiger partial charge in [0.1, 0.15) is 6.04 Å². The number of benzene rings is 1. The first-order chi connectivity index (χ1) is 8.54. The number of aliphatic hydroxyl groups excluding tert-OH is 1. The SMILES string of the molecule is Cc1ccc(N2C(=O)C(CO)NCC2C)c(Br)c1. The fourth-order valence-electron chi connectivity index (χ4n) is 2.18. The van der Waals surface area contributed by atoms with E-state index in [2.05, 4.69) is 21.2 Å². The molecule has 18 heavy (non-hydrogen) atoms. The van der Waals surface area contributed by atoms with Crippen LogP contribution < -0.4 is 10.2 Å². The highest BCUT2D eigenvalue weighted by atomic mass is 79.9. The van der Waals surface area contributed by atoms with E-state index in [0.717, 1.165) is 15.7 Å². The zero-order valence-electron chi connectivity index (χ0n) is 10.5. The van der Waals surface area contributed by atoms with E-state index in [4.69, 9.17) is 0 Å². The van der Waals surface area contributed by atoms with Gasteiger partial charge in [-0.25, -0.2) is 0 Å². The van der Waals surface area contributed by atoms with Gasteiger partial charge in [-0.1, -0.05) is 6.07 Å². The minimum atomic E-state index is -0.505. The van der Waals surface area contributed by atoms with Gasteiger partial charge >= 0.3 is 0 Å². The molecule has 2 rings (SSSR count). The van der Waals surface area contributed by atoms with E-state index >= 15 is 0 Å². The summed E-state index contributed by atoms with van der Waals surface area (Å²) in [4.78, 5) is 14.0. The number of hydrogen-bond donors (Lipinski definition) is 2. The number of aryl methyl sites for hydroxylation is 1. The van der Waals surface area contributed by atoms with E-state index in [1.54, 1.807) is 4.90 Å². The number of rotatable bonds is 2. The summed E-state index contributed by atoms with van der Waals surface area (Å²) in [6.45, 7) is 4.50. The Hall–Kier alpha value is -0.910. The Labute approximate surface area is 115 Å². The van der Waals surface area contributed by atoms with Gasteiger partial charge in [0.15, 0.2) is 0 Å². The number of anilines is 1. The first-order valence-electron chi connectivity index (χ1n) is 5.98. The lowest BCUT2D eigenvalue weighted by molar-refractivity contribution is -0.123. The topological polar surface area (TPSA) is 52.6 Å². The Kier molecular flexibility index (Phi) is 4.04. The lowest BCUT2D eigenvalue weighted by Crippen LogP contribution is -2.60. The Morgan fingerprint density at radius 2 is 2.28 bits per heavy atom. The van der Waals surface area contributed by atoms with Crippen molar-refractivity contribution in [1.29, 1.82) is 0 Å². The lowest BCUT2D eigenvalue weighted by Gasteiger charge is -2.38. The summed E-state index contributed by atoms with van der Waals surface area (Å²) in [5.41, 5.74) is 2.00. The Morgan fingerprint density at radius 3 is 2.89 bits per heavy atom. The van der Waals surface area contributed by atoms with Crippen molar-refractivity contribution in [2.45, 2.75) is 25.9 Å². The molecule has 2 N–H and O–H groups in total. The highest BCUT2D eigenvalue weighted by Crippen LogP contribution is 2.30. The molecule has 1 aliphatic rings. The largest absolute Gasteiger partial charge is 0.394 e. The quantitative estimate of drug-likeness (QED) is 0.869. The van der Waals surface area contributed by atoms with Crippen molar-refractivity contribution in [1.82, 2.24) is 5.32 Å². The Balaban J connectivity index is 2.37. The molecule has 1 aliphatic heterocycles. The monoisotopic (exact) mass is 312 g/mol. The van der Waals surface area contributed by atoms with Crippen LogP contribution in [0, 0.1) is 6.92 Å². The maximum Gasteiger partial charge on any atom is 0.246 e. The normalized spacial score (nSPS) is 24.4. The maximum atomic E-state index is 12.3. The maximum absolute atomic E-state index is 12.3. The number of amides is 1. The zero-order valence-corrected chi connectivity index (χ0v) is 12.1. The summed E-state index contributed by atoms with van der Waals surface area (Å²) in [6.07, 6.45) is 0. The molecule has 0 aromatic heterocycles. The van der Waals surface area contributed by atoms with Crippen LogP contribution in [0.2, 0.25) is 0 Å². The predicted octanol–water partition coefficient (Wildman–Crippen LogP) is 1.44. The van der Waals surface area contributed by atoms with E-state index in [9.17, 15) is 9.90 Å². The summed E-state index contributed by atoms with van der Waals surface area (Å²) < 4.78 is 0.904. The molecule has 0 bridgehead atoms. The molecular formula is C13H17BrN2O2. The third-order valence-electron chi connectivity index (χ3n) is 3.18. The molecule has 0 aliphatic carbocycles. The number of nitrogens with one attached hydrogen (secondary N) is 1. The van der Waals surface area contributed by atoms with E-state index in [1.807, 2.05) is 32.0 Å². The molecule has 2 unspecified atom stereocenters. The molecule has 1 aromatic rings. The number of carbonyl (C=O) groups is 1. The molecule has 1 amide bonds. The summed E-state index contributed by atoms with van der Waals surface area (Å²) >= 11 is 3.50. The number of nitrogens with zero attached hydrogens (tertiary/aromatic N) is 1. The average Bonchev–Trinajstić information content (AvgIpc) is 2.32. The smallest absolute Gasteiger partial charge is 0.246 e. The van der Waals surface area contributed by atoms with Gasteiger partial charge in [0, 0.05) is 17.1 Å². The van der Waals surface area contributed by atoms with Crippen molar-refractivity contribution in [2.75, 3.05) is 18.1 Å². The highest BCUT2D eigenvalue weighted by Gasteiger charge is 2.34. The minimum Gasteiger partial charge on any atom is -0.394 e. The molecule has 0 spiro atoms. The molecule has 4 nitrogen and oxygen atoms in total. The second-order valence-electron chi connectivity index (χ2n) is 4.66. The fourth-order valence-corrected chi connectivity index (χ4v) is 2.87. The number of hydrogen-bond acceptors (Lipinski definition) is 3. The van der Waals surface area contributed by atoms with Crippen LogP contribution in [-0.2, 0) is 4.79 Å². The summed E-state index contributed by atoms with van der Waals surface area (Å²) in [6, 6.07) is 5.48. The first kappa shape index (κ1) is 13.5. The van der Waals surface area contributed by atoms with Gasteiger partial charge in [0.2, 0.25) is 5.91 Å². The molecule has 1 saturated heterocycles. The van der Waals surface area contributed by atoms with Crippen LogP contribution in [0.25, 0.3) is 0 Å². The number of aliphatic hydroxyl groups is 1. The van der Waals surface area contributed by atoms with E-state index < -0.39 is 6.04 Å². The van der Waals surface area contributed by atoms with Crippen LogP contribution in [0.3, 0.4) is 0 Å². The van der Waals surface area contributed by atoms with Gasteiger partial charge in [0.05, 0.1) is 12.3 Å². The standard InChI is InChI=1S/C13H17BrN2O2/c1-8-3-4-12(10(14)5-8)16-9(2)6-15-11(7-17)13(16)18/h3-5,9,11,15,17H,6-7H2,1-2H3. The fraction of sp³-hybridized carbons (Fsp3) is 0.462. The minimum absolute atomic E-state index is 0.0688. The van der Waals surface area contributed by atoms with Gasteiger partial charge < -0.3 is 15.3 Å². The van der Waals surface area contributed by atoms with Crippen molar-refractivity contribution in [2.24, 2.45) is 0 Å². The summed E-state index contributed by atoms with van der Waals surface area (Å²) in [5.74, 6) is -0.0826. The van der Waals surface area contributed by atoms with Crippen molar-refractivity contribution < 1.29 is 9.90 Å². The molecule has 1 heterocycles.